The van der Waals surface area contributed by atoms with Crippen LogP contribution in [0.2, 0.25) is 0 Å². The molecular formula is C10H21N3O2. The van der Waals surface area contributed by atoms with Crippen LogP contribution in [0.25, 0.3) is 0 Å². The molecule has 5 nitrogen and oxygen atoms in total. The van der Waals surface area contributed by atoms with Gasteiger partial charge in [0.15, 0.2) is 0 Å². The first-order chi connectivity index (χ1) is 7.22. The van der Waals surface area contributed by atoms with Crippen LogP contribution in [0.1, 0.15) is 39.0 Å². The maximum absolute atomic E-state index is 11.1. The van der Waals surface area contributed by atoms with Crippen LogP contribution >= 0.6 is 0 Å². The van der Waals surface area contributed by atoms with E-state index in [1.807, 2.05) is 6.92 Å². The van der Waals surface area contributed by atoms with Gasteiger partial charge in [-0.2, -0.15) is 0 Å². The average molecular weight is 215 g/mol. The average Bonchev–Trinajstić information content (AvgIpc) is 2.28. The van der Waals surface area contributed by atoms with E-state index in [0.29, 0.717) is 13.2 Å². The SMILES string of the molecule is CCNC(=O)OCC1(NN)CCCCC1. The highest BCUT2D eigenvalue weighted by molar-refractivity contribution is 5.67. The molecule has 5 heteroatoms. The summed E-state index contributed by atoms with van der Waals surface area (Å²) >= 11 is 0. The molecule has 15 heavy (non-hydrogen) atoms. The second-order valence-electron chi connectivity index (χ2n) is 4.09. The van der Waals surface area contributed by atoms with Gasteiger partial charge in [0.1, 0.15) is 6.61 Å². The summed E-state index contributed by atoms with van der Waals surface area (Å²) in [6.45, 7) is 2.80. The molecule has 0 unspecified atom stereocenters. The van der Waals surface area contributed by atoms with Crippen molar-refractivity contribution in [3.63, 3.8) is 0 Å². The fraction of sp³-hybridized carbons (Fsp3) is 0.900. The van der Waals surface area contributed by atoms with Crippen molar-refractivity contribution in [2.45, 2.75) is 44.6 Å². The lowest BCUT2D eigenvalue weighted by Gasteiger charge is -2.35. The first-order valence-electron chi connectivity index (χ1n) is 5.61. The summed E-state index contributed by atoms with van der Waals surface area (Å²) < 4.78 is 5.12. The normalized spacial score (nSPS) is 19.6. The van der Waals surface area contributed by atoms with Gasteiger partial charge in [-0.3, -0.25) is 11.3 Å². The molecule has 0 heterocycles. The van der Waals surface area contributed by atoms with Crippen molar-refractivity contribution in [3.05, 3.63) is 0 Å². The highest BCUT2D eigenvalue weighted by Crippen LogP contribution is 2.27. The number of hydrogen-bond donors (Lipinski definition) is 3. The number of nitrogens with two attached hydrogens (primary N) is 1. The molecule has 1 saturated carbocycles. The van der Waals surface area contributed by atoms with Crippen LogP contribution < -0.4 is 16.6 Å². The number of nitrogens with one attached hydrogen (secondary N) is 2. The fourth-order valence-corrected chi connectivity index (χ4v) is 1.96. The Labute approximate surface area is 90.7 Å². The predicted octanol–water partition coefficient (Wildman–Crippen LogP) is 0.899. The van der Waals surface area contributed by atoms with Crippen LogP contribution in [-0.4, -0.2) is 24.8 Å². The summed E-state index contributed by atoms with van der Waals surface area (Å²) in [5.41, 5.74) is 2.60. The monoisotopic (exact) mass is 215 g/mol. The molecule has 4 N–H and O–H groups in total. The first kappa shape index (κ1) is 12.3. The molecule has 1 aliphatic carbocycles. The van der Waals surface area contributed by atoms with Crippen molar-refractivity contribution in [1.82, 2.24) is 10.7 Å². The number of rotatable bonds is 4. The van der Waals surface area contributed by atoms with Gasteiger partial charge >= 0.3 is 6.09 Å². The Hall–Kier alpha value is -0.810. The van der Waals surface area contributed by atoms with Gasteiger partial charge in [0.2, 0.25) is 0 Å². The standard InChI is InChI=1S/C10H21N3O2/c1-2-12-9(14)15-8-10(13-11)6-4-3-5-7-10/h13H,2-8,11H2,1H3,(H,12,14). The van der Waals surface area contributed by atoms with Gasteiger partial charge in [-0.1, -0.05) is 19.3 Å². The number of carbonyl (C=O) groups excluding carboxylic acids is 1. The number of ether oxygens (including phenoxy) is 1. The second-order valence-corrected chi connectivity index (χ2v) is 4.09. The van der Waals surface area contributed by atoms with E-state index in [2.05, 4.69) is 10.7 Å². The van der Waals surface area contributed by atoms with Crippen molar-refractivity contribution in [3.8, 4) is 0 Å². The summed E-state index contributed by atoms with van der Waals surface area (Å²) in [6, 6.07) is 0. The Kier molecular flexibility index (Phi) is 4.84. The molecule has 0 aromatic carbocycles. The Bertz CT molecular complexity index is 203. The highest BCUT2D eigenvalue weighted by Gasteiger charge is 2.32. The van der Waals surface area contributed by atoms with E-state index in [-0.39, 0.29) is 11.6 Å². The molecule has 1 rings (SSSR count). The molecule has 0 bridgehead atoms. The molecule has 0 aromatic heterocycles. The Morgan fingerprint density at radius 3 is 2.60 bits per heavy atom. The van der Waals surface area contributed by atoms with Crippen LogP contribution in [0.4, 0.5) is 4.79 Å². The van der Waals surface area contributed by atoms with Crippen molar-refractivity contribution in [2.24, 2.45) is 5.84 Å². The molecule has 0 aromatic rings. The summed E-state index contributed by atoms with van der Waals surface area (Å²) in [4.78, 5) is 11.1. The molecule has 0 saturated heterocycles. The minimum absolute atomic E-state index is 0.205. The predicted molar refractivity (Wildman–Crippen MR) is 58.2 cm³/mol. The quantitative estimate of drug-likeness (QED) is 0.481. The van der Waals surface area contributed by atoms with Crippen molar-refractivity contribution in [1.29, 1.82) is 0 Å². The number of hydrazine groups is 1. The molecule has 0 aliphatic heterocycles. The van der Waals surface area contributed by atoms with E-state index in [0.717, 1.165) is 25.7 Å². The van der Waals surface area contributed by atoms with Gasteiger partial charge in [-0.25, -0.2) is 4.79 Å². The lowest BCUT2D eigenvalue weighted by Crippen LogP contribution is -2.54. The van der Waals surface area contributed by atoms with Crippen molar-refractivity contribution >= 4 is 6.09 Å². The summed E-state index contributed by atoms with van der Waals surface area (Å²) in [5, 5.41) is 2.60. The summed E-state index contributed by atoms with van der Waals surface area (Å²) in [7, 11) is 0. The Balaban J connectivity index is 2.35. The van der Waals surface area contributed by atoms with Gasteiger partial charge in [-0.05, 0) is 19.8 Å². The van der Waals surface area contributed by atoms with Gasteiger partial charge in [0, 0.05) is 6.54 Å². The van der Waals surface area contributed by atoms with Gasteiger partial charge in [0.25, 0.3) is 0 Å². The summed E-state index contributed by atoms with van der Waals surface area (Å²) in [5.74, 6) is 5.54. The van der Waals surface area contributed by atoms with E-state index in [9.17, 15) is 4.79 Å². The molecule has 0 radical (unpaired) electrons. The third-order valence-corrected chi connectivity index (χ3v) is 2.92. The molecule has 88 valence electrons. The minimum atomic E-state index is -0.363. The number of hydrogen-bond acceptors (Lipinski definition) is 4. The zero-order chi connectivity index (χ0) is 11.1. The summed E-state index contributed by atoms with van der Waals surface area (Å²) in [6.07, 6.45) is 5.11. The van der Waals surface area contributed by atoms with Crippen molar-refractivity contribution < 1.29 is 9.53 Å². The topological polar surface area (TPSA) is 76.4 Å². The minimum Gasteiger partial charge on any atom is -0.448 e. The molecule has 0 atom stereocenters. The highest BCUT2D eigenvalue weighted by atomic mass is 16.5. The number of amides is 1. The van der Waals surface area contributed by atoms with E-state index in [4.69, 9.17) is 10.6 Å². The third kappa shape index (κ3) is 3.68. The lowest BCUT2D eigenvalue weighted by molar-refractivity contribution is 0.0832. The van der Waals surface area contributed by atoms with Crippen LogP contribution in [0.5, 0.6) is 0 Å². The first-order valence-corrected chi connectivity index (χ1v) is 5.61. The molecule has 0 spiro atoms. The maximum atomic E-state index is 11.1. The number of alkyl carbamates (subject to hydrolysis) is 1. The van der Waals surface area contributed by atoms with E-state index >= 15 is 0 Å². The van der Waals surface area contributed by atoms with Crippen LogP contribution in [0, 0.1) is 0 Å². The molecule has 1 aliphatic rings. The Morgan fingerprint density at radius 2 is 2.07 bits per heavy atom. The van der Waals surface area contributed by atoms with Crippen LogP contribution in [0.15, 0.2) is 0 Å². The molecular weight excluding hydrogens is 194 g/mol. The largest absolute Gasteiger partial charge is 0.448 e. The number of carbonyl (C=O) groups is 1. The van der Waals surface area contributed by atoms with Crippen LogP contribution in [0.3, 0.4) is 0 Å². The smallest absolute Gasteiger partial charge is 0.407 e. The lowest BCUT2D eigenvalue weighted by atomic mass is 9.83. The van der Waals surface area contributed by atoms with Gasteiger partial charge < -0.3 is 10.1 Å². The third-order valence-electron chi connectivity index (χ3n) is 2.92. The fourth-order valence-electron chi connectivity index (χ4n) is 1.96. The maximum Gasteiger partial charge on any atom is 0.407 e. The zero-order valence-electron chi connectivity index (χ0n) is 9.34. The zero-order valence-corrected chi connectivity index (χ0v) is 9.34. The Morgan fingerprint density at radius 1 is 1.40 bits per heavy atom. The van der Waals surface area contributed by atoms with Gasteiger partial charge in [0.05, 0.1) is 5.54 Å². The molecule has 1 amide bonds. The second kappa shape index (κ2) is 5.92. The van der Waals surface area contributed by atoms with Crippen molar-refractivity contribution in [2.75, 3.05) is 13.2 Å². The van der Waals surface area contributed by atoms with E-state index < -0.39 is 0 Å². The van der Waals surface area contributed by atoms with Crippen LogP contribution in [-0.2, 0) is 4.74 Å². The van der Waals surface area contributed by atoms with E-state index in [1.165, 1.54) is 6.42 Å². The van der Waals surface area contributed by atoms with Gasteiger partial charge in [-0.15, -0.1) is 0 Å². The molecule has 1 fully saturated rings. The van der Waals surface area contributed by atoms with E-state index in [1.54, 1.807) is 0 Å².